The van der Waals surface area contributed by atoms with Crippen LogP contribution in [0.15, 0.2) is 29.6 Å². The third-order valence-corrected chi connectivity index (χ3v) is 5.95. The molecule has 2 aromatic heterocycles. The van der Waals surface area contributed by atoms with Gasteiger partial charge in [-0.05, 0) is 19.8 Å². The third-order valence-electron chi connectivity index (χ3n) is 5.95. The molecule has 4 heterocycles. The van der Waals surface area contributed by atoms with Gasteiger partial charge < -0.3 is 29.0 Å². The number of rotatable bonds is 3. The number of aromatic nitrogens is 3. The third kappa shape index (κ3) is 3.77. The van der Waals surface area contributed by atoms with Gasteiger partial charge in [-0.15, -0.1) is 0 Å². The van der Waals surface area contributed by atoms with Gasteiger partial charge in [0, 0.05) is 26.6 Å². The summed E-state index contributed by atoms with van der Waals surface area (Å²) in [5, 5.41) is 13.9. The van der Waals surface area contributed by atoms with Gasteiger partial charge in [0.25, 0.3) is 11.8 Å². The van der Waals surface area contributed by atoms with Crippen LogP contribution in [0.4, 0.5) is 0 Å². The molecule has 2 atom stereocenters. The normalized spacial score (nSPS) is 26.4. The van der Waals surface area contributed by atoms with Crippen LogP contribution in [0.5, 0.6) is 0 Å². The highest BCUT2D eigenvalue weighted by molar-refractivity contribution is 5.92. The predicted octanol–water partition coefficient (Wildman–Crippen LogP) is 0.353. The van der Waals surface area contributed by atoms with Crippen LogP contribution in [0.3, 0.4) is 0 Å². The minimum atomic E-state index is -1.13. The molecule has 10 heteroatoms. The van der Waals surface area contributed by atoms with Crippen molar-refractivity contribution in [1.29, 1.82) is 0 Å². The number of nitrogens with zero attached hydrogens (tertiary/aromatic N) is 4. The maximum absolute atomic E-state index is 12.5. The predicted molar refractivity (Wildman–Crippen MR) is 100 cm³/mol. The Hall–Kier alpha value is -2.72. The summed E-state index contributed by atoms with van der Waals surface area (Å²) in [7, 11) is 1.74. The SMILES string of the molecule is Cn1cncc1C(=O)N[C@H]1COC2(CCN(C(=O)c3cocn3)CC2)C[C@]1(C)O. The molecule has 2 aliphatic heterocycles. The molecule has 2 N–H and O–H groups in total. The lowest BCUT2D eigenvalue weighted by Gasteiger charge is -2.51. The molecule has 4 rings (SSSR count). The number of hydrogen-bond acceptors (Lipinski definition) is 7. The van der Waals surface area contributed by atoms with Gasteiger partial charge in [-0.25, -0.2) is 9.97 Å². The lowest BCUT2D eigenvalue weighted by Crippen LogP contribution is -2.64. The molecule has 2 amide bonds. The molecule has 0 radical (unpaired) electrons. The Morgan fingerprint density at radius 3 is 2.69 bits per heavy atom. The molecule has 0 bridgehead atoms. The topological polar surface area (TPSA) is 123 Å². The van der Waals surface area contributed by atoms with E-state index in [0.29, 0.717) is 38.0 Å². The van der Waals surface area contributed by atoms with Crippen molar-refractivity contribution in [2.24, 2.45) is 7.05 Å². The number of imidazole rings is 1. The summed E-state index contributed by atoms with van der Waals surface area (Å²) in [6.07, 6.45) is 7.20. The average Bonchev–Trinajstić information content (AvgIpc) is 3.35. The number of likely N-dealkylation sites (tertiary alicyclic amines) is 1. The van der Waals surface area contributed by atoms with E-state index < -0.39 is 17.2 Å². The molecule has 2 fully saturated rings. The Labute approximate surface area is 167 Å². The van der Waals surface area contributed by atoms with Crippen molar-refractivity contribution in [1.82, 2.24) is 24.8 Å². The van der Waals surface area contributed by atoms with Crippen LogP contribution in [0, 0.1) is 0 Å². The number of carbonyl (C=O) groups is 2. The van der Waals surface area contributed by atoms with Gasteiger partial charge in [-0.1, -0.05) is 0 Å². The van der Waals surface area contributed by atoms with E-state index in [1.807, 2.05) is 0 Å². The van der Waals surface area contributed by atoms with Crippen molar-refractivity contribution in [3.8, 4) is 0 Å². The zero-order valence-corrected chi connectivity index (χ0v) is 16.5. The van der Waals surface area contributed by atoms with Crippen molar-refractivity contribution in [2.75, 3.05) is 19.7 Å². The molecule has 0 unspecified atom stereocenters. The first kappa shape index (κ1) is 19.6. The summed E-state index contributed by atoms with van der Waals surface area (Å²) in [5.41, 5.74) is -0.945. The molecule has 10 nitrogen and oxygen atoms in total. The first-order chi connectivity index (χ1) is 13.8. The molecule has 156 valence electrons. The van der Waals surface area contributed by atoms with Crippen molar-refractivity contribution in [3.05, 3.63) is 36.6 Å². The van der Waals surface area contributed by atoms with Gasteiger partial charge in [0.05, 0.1) is 36.4 Å². The van der Waals surface area contributed by atoms with Crippen molar-refractivity contribution >= 4 is 11.8 Å². The van der Waals surface area contributed by atoms with E-state index >= 15 is 0 Å². The highest BCUT2D eigenvalue weighted by Crippen LogP contribution is 2.39. The fourth-order valence-corrected chi connectivity index (χ4v) is 4.19. The molecule has 1 spiro atoms. The Morgan fingerprint density at radius 2 is 2.10 bits per heavy atom. The van der Waals surface area contributed by atoms with Crippen LogP contribution in [-0.2, 0) is 11.8 Å². The average molecular weight is 403 g/mol. The summed E-state index contributed by atoms with van der Waals surface area (Å²) >= 11 is 0. The second-order valence-electron chi connectivity index (χ2n) is 8.11. The number of aryl methyl sites for hydroxylation is 1. The number of ether oxygens (including phenoxy) is 1. The summed E-state index contributed by atoms with van der Waals surface area (Å²) in [6.45, 7) is 2.94. The van der Waals surface area contributed by atoms with Crippen LogP contribution >= 0.6 is 0 Å². The molecule has 0 aliphatic carbocycles. The summed E-state index contributed by atoms with van der Waals surface area (Å²) in [6, 6.07) is -0.537. The second kappa shape index (κ2) is 7.27. The molecule has 0 aromatic carbocycles. The minimum absolute atomic E-state index is 0.169. The monoisotopic (exact) mass is 403 g/mol. The summed E-state index contributed by atoms with van der Waals surface area (Å²) in [4.78, 5) is 34.5. The second-order valence-corrected chi connectivity index (χ2v) is 8.11. The number of carbonyl (C=O) groups excluding carboxylic acids is 2. The molecule has 0 saturated carbocycles. The number of amides is 2. The number of hydrogen-bond donors (Lipinski definition) is 2. The maximum atomic E-state index is 12.5. The van der Waals surface area contributed by atoms with E-state index in [2.05, 4.69) is 15.3 Å². The van der Waals surface area contributed by atoms with Gasteiger partial charge in [0.15, 0.2) is 12.1 Å². The minimum Gasteiger partial charge on any atom is -0.451 e. The van der Waals surface area contributed by atoms with Gasteiger partial charge in [-0.2, -0.15) is 0 Å². The lowest BCUT2D eigenvalue weighted by atomic mass is 9.75. The molecule has 2 aromatic rings. The van der Waals surface area contributed by atoms with Crippen molar-refractivity contribution in [2.45, 2.75) is 43.4 Å². The lowest BCUT2D eigenvalue weighted by molar-refractivity contribution is -0.183. The maximum Gasteiger partial charge on any atom is 0.275 e. The Balaban J connectivity index is 1.37. The fraction of sp³-hybridized carbons (Fsp3) is 0.579. The van der Waals surface area contributed by atoms with E-state index in [9.17, 15) is 14.7 Å². The number of oxazole rings is 1. The van der Waals surface area contributed by atoms with E-state index in [1.165, 1.54) is 18.9 Å². The van der Waals surface area contributed by atoms with E-state index in [4.69, 9.17) is 9.15 Å². The van der Waals surface area contributed by atoms with Crippen LogP contribution in [0.2, 0.25) is 0 Å². The molecular weight excluding hydrogens is 378 g/mol. The largest absolute Gasteiger partial charge is 0.451 e. The molecule has 2 saturated heterocycles. The number of aliphatic hydroxyl groups is 1. The van der Waals surface area contributed by atoms with Crippen molar-refractivity contribution in [3.63, 3.8) is 0 Å². The van der Waals surface area contributed by atoms with E-state index in [-0.39, 0.29) is 24.1 Å². The zero-order chi connectivity index (χ0) is 20.6. The smallest absolute Gasteiger partial charge is 0.275 e. The van der Waals surface area contributed by atoms with Crippen LogP contribution < -0.4 is 5.32 Å². The van der Waals surface area contributed by atoms with Crippen LogP contribution in [0.25, 0.3) is 0 Å². The first-order valence-corrected chi connectivity index (χ1v) is 9.61. The molecular formula is C19H25N5O5. The van der Waals surface area contributed by atoms with Crippen molar-refractivity contribution < 1.29 is 23.8 Å². The standard InChI is InChI=1S/C19H25N5O5/c1-18(27)10-19(3-5-24(6-4-19)17(26)13-8-28-12-21-13)29-9-15(18)22-16(25)14-7-20-11-23(14)2/h7-8,11-12,15,27H,3-6,9-10H2,1-2H3,(H,22,25)/t15-,18-/m0/s1. The zero-order valence-electron chi connectivity index (χ0n) is 16.5. The Morgan fingerprint density at radius 1 is 1.34 bits per heavy atom. The molecule has 2 aliphatic rings. The summed E-state index contributed by atoms with van der Waals surface area (Å²) in [5.74, 6) is -0.472. The van der Waals surface area contributed by atoms with Gasteiger partial charge >= 0.3 is 0 Å². The van der Waals surface area contributed by atoms with Gasteiger partial charge in [-0.3, -0.25) is 9.59 Å². The van der Waals surface area contributed by atoms with Gasteiger partial charge in [0.1, 0.15) is 12.0 Å². The fourth-order valence-electron chi connectivity index (χ4n) is 4.19. The Bertz CT molecular complexity index is 883. The van der Waals surface area contributed by atoms with Crippen LogP contribution in [0.1, 0.15) is 47.2 Å². The number of piperidine rings is 1. The highest BCUT2D eigenvalue weighted by Gasteiger charge is 2.50. The van der Waals surface area contributed by atoms with Gasteiger partial charge in [0.2, 0.25) is 0 Å². The number of nitrogens with one attached hydrogen (secondary N) is 1. The molecule has 29 heavy (non-hydrogen) atoms. The quantitative estimate of drug-likeness (QED) is 0.758. The highest BCUT2D eigenvalue weighted by atomic mass is 16.5. The first-order valence-electron chi connectivity index (χ1n) is 9.61. The van der Waals surface area contributed by atoms with E-state index in [0.717, 1.165) is 0 Å². The van der Waals surface area contributed by atoms with Crippen LogP contribution in [-0.4, -0.2) is 73.3 Å². The van der Waals surface area contributed by atoms with E-state index in [1.54, 1.807) is 29.8 Å². The Kier molecular flexibility index (Phi) is 4.91. The summed E-state index contributed by atoms with van der Waals surface area (Å²) < 4.78 is 12.7.